The van der Waals surface area contributed by atoms with Gasteiger partial charge in [0.05, 0.1) is 25.9 Å². The Morgan fingerprint density at radius 1 is 1.29 bits per heavy atom. The van der Waals surface area contributed by atoms with Crippen LogP contribution in [0.3, 0.4) is 0 Å². The van der Waals surface area contributed by atoms with Crippen molar-refractivity contribution in [1.82, 2.24) is 5.32 Å². The summed E-state index contributed by atoms with van der Waals surface area (Å²) in [5.41, 5.74) is -0.684. The van der Waals surface area contributed by atoms with Crippen molar-refractivity contribution < 1.29 is 14.3 Å². The zero-order chi connectivity index (χ0) is 12.1. The maximum atomic E-state index is 12.0. The van der Waals surface area contributed by atoms with Gasteiger partial charge in [-0.25, -0.2) is 0 Å². The van der Waals surface area contributed by atoms with Gasteiger partial charge < -0.3 is 14.8 Å². The molecule has 1 unspecified atom stereocenters. The van der Waals surface area contributed by atoms with Crippen molar-refractivity contribution in [1.29, 1.82) is 5.26 Å². The summed E-state index contributed by atoms with van der Waals surface area (Å²) in [6.45, 7) is 1.26. The monoisotopic (exact) mass is 238 g/mol. The summed E-state index contributed by atoms with van der Waals surface area (Å²) in [6, 6.07) is 2.26. The number of ether oxygens (including phenoxy) is 2. The van der Waals surface area contributed by atoms with Gasteiger partial charge in [0, 0.05) is 0 Å². The van der Waals surface area contributed by atoms with Gasteiger partial charge in [0.15, 0.2) is 6.10 Å². The maximum Gasteiger partial charge on any atom is 0.252 e. The number of nitriles is 1. The molecular weight excluding hydrogens is 220 g/mol. The van der Waals surface area contributed by atoms with Crippen molar-refractivity contribution in [3.63, 3.8) is 0 Å². The van der Waals surface area contributed by atoms with Crippen LogP contribution in [0.15, 0.2) is 0 Å². The van der Waals surface area contributed by atoms with E-state index in [0.717, 1.165) is 32.1 Å². The SMILES string of the molecule is N#CC1(NC(=O)C2COCCO2)CCCCC1. The third-order valence-electron chi connectivity index (χ3n) is 3.39. The van der Waals surface area contributed by atoms with Crippen LogP contribution < -0.4 is 5.32 Å². The van der Waals surface area contributed by atoms with Crippen molar-refractivity contribution in [3.05, 3.63) is 0 Å². The Labute approximate surface area is 101 Å². The van der Waals surface area contributed by atoms with Gasteiger partial charge in [0.1, 0.15) is 5.54 Å². The van der Waals surface area contributed by atoms with E-state index in [0.29, 0.717) is 13.2 Å². The van der Waals surface area contributed by atoms with Crippen molar-refractivity contribution in [2.24, 2.45) is 0 Å². The summed E-state index contributed by atoms with van der Waals surface area (Å²) in [4.78, 5) is 12.0. The lowest BCUT2D eigenvalue weighted by Crippen LogP contribution is -2.54. The maximum absolute atomic E-state index is 12.0. The molecule has 2 fully saturated rings. The van der Waals surface area contributed by atoms with Crippen LogP contribution >= 0.6 is 0 Å². The van der Waals surface area contributed by atoms with Crippen LogP contribution in [-0.4, -0.2) is 37.4 Å². The first kappa shape index (κ1) is 12.3. The van der Waals surface area contributed by atoms with Crippen LogP contribution in [0.25, 0.3) is 0 Å². The van der Waals surface area contributed by atoms with Gasteiger partial charge in [0.2, 0.25) is 0 Å². The van der Waals surface area contributed by atoms with Crippen molar-refractivity contribution in [3.8, 4) is 6.07 Å². The smallest absolute Gasteiger partial charge is 0.252 e. The van der Waals surface area contributed by atoms with E-state index in [1.807, 2.05) is 0 Å². The predicted molar refractivity (Wildman–Crippen MR) is 60.1 cm³/mol. The molecule has 0 bridgehead atoms. The highest BCUT2D eigenvalue weighted by molar-refractivity contribution is 5.82. The summed E-state index contributed by atoms with van der Waals surface area (Å²) in [5, 5.41) is 12.1. The van der Waals surface area contributed by atoms with Gasteiger partial charge in [-0.2, -0.15) is 5.26 Å². The average molecular weight is 238 g/mol. The lowest BCUT2D eigenvalue weighted by atomic mass is 9.82. The van der Waals surface area contributed by atoms with Crippen LogP contribution in [-0.2, 0) is 14.3 Å². The molecule has 0 spiro atoms. The fourth-order valence-electron chi connectivity index (χ4n) is 2.38. The molecule has 0 aromatic carbocycles. The minimum absolute atomic E-state index is 0.215. The van der Waals surface area contributed by atoms with E-state index in [1.54, 1.807) is 0 Å². The van der Waals surface area contributed by atoms with Gasteiger partial charge in [-0.15, -0.1) is 0 Å². The van der Waals surface area contributed by atoms with E-state index in [1.165, 1.54) is 0 Å². The molecule has 1 saturated heterocycles. The highest BCUT2D eigenvalue weighted by atomic mass is 16.6. The van der Waals surface area contributed by atoms with E-state index in [2.05, 4.69) is 11.4 Å². The average Bonchev–Trinajstić information content (AvgIpc) is 2.41. The first-order valence-electron chi connectivity index (χ1n) is 6.18. The number of hydrogen-bond acceptors (Lipinski definition) is 4. The molecule has 1 heterocycles. The number of carbonyl (C=O) groups is 1. The molecular formula is C12H18N2O3. The van der Waals surface area contributed by atoms with E-state index in [9.17, 15) is 10.1 Å². The molecule has 1 amide bonds. The zero-order valence-corrected chi connectivity index (χ0v) is 9.91. The van der Waals surface area contributed by atoms with Gasteiger partial charge >= 0.3 is 0 Å². The molecule has 1 aliphatic heterocycles. The van der Waals surface area contributed by atoms with E-state index < -0.39 is 11.6 Å². The second kappa shape index (κ2) is 5.48. The molecule has 5 heteroatoms. The molecule has 1 N–H and O–H groups in total. The summed E-state index contributed by atoms with van der Waals surface area (Å²) in [5.74, 6) is -0.215. The fraction of sp³-hybridized carbons (Fsp3) is 0.833. The van der Waals surface area contributed by atoms with Crippen LogP contribution in [0.1, 0.15) is 32.1 Å². The standard InChI is InChI=1S/C12H18N2O3/c13-9-12(4-2-1-3-5-12)14-11(15)10-8-16-6-7-17-10/h10H,1-8H2,(H,14,15). The van der Waals surface area contributed by atoms with Gasteiger partial charge in [-0.1, -0.05) is 19.3 Å². The third-order valence-corrected chi connectivity index (χ3v) is 3.39. The second-order valence-electron chi connectivity index (χ2n) is 4.68. The first-order valence-corrected chi connectivity index (χ1v) is 6.18. The van der Waals surface area contributed by atoms with Gasteiger partial charge in [-0.05, 0) is 12.8 Å². The quantitative estimate of drug-likeness (QED) is 0.770. The number of amides is 1. The van der Waals surface area contributed by atoms with Crippen molar-refractivity contribution in [2.75, 3.05) is 19.8 Å². The Bertz CT molecular complexity index is 312. The summed E-state index contributed by atoms with van der Waals surface area (Å²) in [7, 11) is 0. The largest absolute Gasteiger partial charge is 0.376 e. The first-order chi connectivity index (χ1) is 8.26. The Kier molecular flexibility index (Phi) is 3.97. The summed E-state index contributed by atoms with van der Waals surface area (Å²) >= 11 is 0. The highest BCUT2D eigenvalue weighted by Gasteiger charge is 2.36. The fourth-order valence-corrected chi connectivity index (χ4v) is 2.38. The lowest BCUT2D eigenvalue weighted by molar-refractivity contribution is -0.149. The normalized spacial score (nSPS) is 28.1. The minimum atomic E-state index is -0.684. The van der Waals surface area contributed by atoms with Crippen LogP contribution in [0.2, 0.25) is 0 Å². The van der Waals surface area contributed by atoms with Gasteiger partial charge in [-0.3, -0.25) is 4.79 Å². The Balaban J connectivity index is 1.93. The van der Waals surface area contributed by atoms with Crippen LogP contribution in [0.5, 0.6) is 0 Å². The highest BCUT2D eigenvalue weighted by Crippen LogP contribution is 2.27. The van der Waals surface area contributed by atoms with E-state index in [4.69, 9.17) is 9.47 Å². The number of nitrogens with zero attached hydrogens (tertiary/aromatic N) is 1. The Hall–Kier alpha value is -1.12. The van der Waals surface area contributed by atoms with Crippen molar-refractivity contribution >= 4 is 5.91 Å². The molecule has 2 rings (SSSR count). The molecule has 1 aliphatic carbocycles. The molecule has 94 valence electrons. The number of hydrogen-bond donors (Lipinski definition) is 1. The number of rotatable bonds is 2. The molecule has 1 saturated carbocycles. The third kappa shape index (κ3) is 2.96. The molecule has 0 aromatic heterocycles. The lowest BCUT2D eigenvalue weighted by Gasteiger charge is -2.33. The van der Waals surface area contributed by atoms with Crippen molar-refractivity contribution in [2.45, 2.75) is 43.7 Å². The molecule has 2 aliphatic rings. The molecule has 1 atom stereocenters. The van der Waals surface area contributed by atoms with Crippen LogP contribution in [0.4, 0.5) is 0 Å². The number of nitrogens with one attached hydrogen (secondary N) is 1. The Morgan fingerprint density at radius 2 is 2.06 bits per heavy atom. The van der Waals surface area contributed by atoms with E-state index >= 15 is 0 Å². The second-order valence-corrected chi connectivity index (χ2v) is 4.68. The topological polar surface area (TPSA) is 71.4 Å². The molecule has 0 radical (unpaired) electrons. The van der Waals surface area contributed by atoms with Crippen LogP contribution in [0, 0.1) is 11.3 Å². The molecule has 0 aromatic rings. The van der Waals surface area contributed by atoms with Gasteiger partial charge in [0.25, 0.3) is 5.91 Å². The number of carbonyl (C=O) groups excluding carboxylic acids is 1. The molecule has 17 heavy (non-hydrogen) atoms. The summed E-state index contributed by atoms with van der Waals surface area (Å²) in [6.07, 6.45) is 4.05. The summed E-state index contributed by atoms with van der Waals surface area (Å²) < 4.78 is 10.5. The molecule has 5 nitrogen and oxygen atoms in total. The van der Waals surface area contributed by atoms with E-state index in [-0.39, 0.29) is 12.5 Å². The minimum Gasteiger partial charge on any atom is -0.376 e. The zero-order valence-electron chi connectivity index (χ0n) is 9.91. The Morgan fingerprint density at radius 3 is 2.65 bits per heavy atom. The predicted octanol–water partition coefficient (Wildman–Crippen LogP) is 0.744.